The van der Waals surface area contributed by atoms with Gasteiger partial charge in [0.2, 0.25) is 53.2 Å². The molecule has 0 saturated heterocycles. The van der Waals surface area contributed by atoms with Crippen LogP contribution in [0.5, 0.6) is 0 Å². The molecule has 83 heavy (non-hydrogen) atoms. The average Bonchev–Trinajstić information content (AvgIpc) is 4.32. The van der Waals surface area contributed by atoms with Crippen LogP contribution < -0.4 is 59.7 Å². The molecule has 0 radical (unpaired) electrons. The van der Waals surface area contributed by atoms with Crippen LogP contribution in [0.15, 0.2) is 116 Å². The van der Waals surface area contributed by atoms with Gasteiger partial charge in [-0.3, -0.25) is 48.5 Å². The molecule has 0 fully saturated rings. The van der Waals surface area contributed by atoms with Crippen LogP contribution in [0, 0.1) is 11.8 Å². The molecule has 0 bridgehead atoms. The Labute approximate surface area is 482 Å². The molecule has 0 saturated carbocycles. The molecule has 23 heteroatoms. The smallest absolute Gasteiger partial charge is 0.245 e. The third-order valence-corrected chi connectivity index (χ3v) is 14.1. The molecule has 2 heterocycles. The second-order valence-electron chi connectivity index (χ2n) is 21.6. The third-order valence-electron chi connectivity index (χ3n) is 14.1. The summed E-state index contributed by atoms with van der Waals surface area (Å²) in [6.45, 7) is 8.35. The zero-order valence-corrected chi connectivity index (χ0v) is 47.5. The lowest BCUT2D eigenvalue weighted by Gasteiger charge is -2.28. The van der Waals surface area contributed by atoms with Crippen LogP contribution in [-0.4, -0.2) is 130 Å². The van der Waals surface area contributed by atoms with Gasteiger partial charge in [-0.05, 0) is 78.0 Å². The van der Waals surface area contributed by atoms with Crippen LogP contribution in [0.2, 0.25) is 0 Å². The Morgan fingerprint density at radius 1 is 0.602 bits per heavy atom. The number of nitrogens with two attached hydrogens (primary N) is 3. The zero-order chi connectivity index (χ0) is 60.2. The molecule has 8 atom stereocenters. The van der Waals surface area contributed by atoms with E-state index in [4.69, 9.17) is 17.2 Å². The van der Waals surface area contributed by atoms with Crippen LogP contribution in [-0.2, 0) is 68.8 Å². The van der Waals surface area contributed by atoms with Crippen molar-refractivity contribution >= 4 is 74.8 Å². The normalized spacial score (nSPS) is 14.3. The summed E-state index contributed by atoms with van der Waals surface area (Å²) < 4.78 is 0. The monoisotopic (exact) mass is 1140 g/mol. The molecule has 4 aromatic carbocycles. The van der Waals surface area contributed by atoms with Gasteiger partial charge >= 0.3 is 0 Å². The van der Waals surface area contributed by atoms with E-state index in [1.165, 1.54) is 13.3 Å². The number of para-hydroxylation sites is 1. The Balaban J connectivity index is 1.08. The van der Waals surface area contributed by atoms with E-state index in [1.807, 2.05) is 111 Å². The summed E-state index contributed by atoms with van der Waals surface area (Å²) in [5, 5.41) is 24.8. The summed E-state index contributed by atoms with van der Waals surface area (Å²) in [6.07, 6.45) is 5.27. The van der Waals surface area contributed by atoms with Gasteiger partial charge in [-0.15, -0.1) is 0 Å². The molecule has 9 amide bonds. The molecule has 0 aliphatic carbocycles. The summed E-state index contributed by atoms with van der Waals surface area (Å²) in [6, 6.07) is 21.6. The molecule has 0 unspecified atom stereocenters. The number of carbonyl (C=O) groups is 9. The molecule has 2 aromatic heterocycles. The lowest BCUT2D eigenvalue weighted by molar-refractivity contribution is -0.135. The Bertz CT molecular complexity index is 3180. The zero-order valence-electron chi connectivity index (χ0n) is 47.5. The molecule has 0 aliphatic rings. The van der Waals surface area contributed by atoms with Gasteiger partial charge in [0.15, 0.2) is 0 Å². The number of rotatable bonds is 32. The van der Waals surface area contributed by atoms with Crippen molar-refractivity contribution in [2.45, 2.75) is 128 Å². The second-order valence-corrected chi connectivity index (χ2v) is 21.6. The summed E-state index contributed by atoms with van der Waals surface area (Å²) in [4.78, 5) is 132. The van der Waals surface area contributed by atoms with Gasteiger partial charge in [0, 0.05) is 60.8 Å². The molecule has 442 valence electrons. The van der Waals surface area contributed by atoms with Crippen LogP contribution in [0.25, 0.3) is 21.7 Å². The van der Waals surface area contributed by atoms with E-state index in [0.29, 0.717) is 24.1 Å². The topological polar surface area (TPSA) is 372 Å². The van der Waals surface area contributed by atoms with E-state index >= 15 is 0 Å². The quantitative estimate of drug-likeness (QED) is 0.0282. The largest absolute Gasteiger partial charge is 0.370 e. The number of amides is 9. The van der Waals surface area contributed by atoms with Gasteiger partial charge in [0.25, 0.3) is 0 Å². The molecular formula is C60H78N14O9. The van der Waals surface area contributed by atoms with Gasteiger partial charge in [0.1, 0.15) is 24.2 Å². The summed E-state index contributed by atoms with van der Waals surface area (Å²) in [5.41, 5.74) is 21.4. The van der Waals surface area contributed by atoms with E-state index in [9.17, 15) is 43.2 Å². The molecular weight excluding hydrogens is 1060 g/mol. The number of fused-ring (bicyclic) bond motifs is 2. The molecule has 0 spiro atoms. The number of primary amides is 2. The first-order chi connectivity index (χ1) is 39.6. The standard InChI is InChI=1S/C60H78N14O9/c1-34(2)24-42(31-66-48(54(63)77)25-37-14-7-6-8-15-37)70-50(28-41-30-64-33-68-41)59(82)73-52(76)32-67-60(83)53(35(3)4)74-55(78)36(5)69-58(81)49(27-40-29-65-46-21-12-11-20-44(40)46)72-57(80)47(22-23-51(62)75)71-56(79)45(61)26-39-18-13-17-38-16-9-10-19-43(38)39/h6-21,29-30,33-36,42,45,47-50,53,65-66,70H,22-28,31-32,61H2,1-5H3,(H2,62,75)(H2,63,77)(H,64,68)(H,67,83)(H,69,81)(H,71,79)(H,72,80)(H,74,78)(H,73,76,82)/t36-,42-,45+,47-,48-,49-,50-,53-/m0/s1. The summed E-state index contributed by atoms with van der Waals surface area (Å²) in [7, 11) is 0. The van der Waals surface area contributed by atoms with Crippen molar-refractivity contribution in [1.82, 2.24) is 57.5 Å². The fourth-order valence-electron chi connectivity index (χ4n) is 9.69. The van der Waals surface area contributed by atoms with E-state index in [0.717, 1.165) is 32.8 Å². The highest BCUT2D eigenvalue weighted by Crippen LogP contribution is 2.21. The number of aromatic amines is 2. The van der Waals surface area contributed by atoms with Gasteiger partial charge in [-0.25, -0.2) is 4.98 Å². The van der Waals surface area contributed by atoms with E-state index < -0.39 is 108 Å². The van der Waals surface area contributed by atoms with E-state index in [1.54, 1.807) is 26.2 Å². The number of nitrogens with one attached hydrogen (secondary N) is 10. The average molecular weight is 1140 g/mol. The minimum atomic E-state index is -1.36. The Morgan fingerprint density at radius 2 is 1.28 bits per heavy atom. The first-order valence-electron chi connectivity index (χ1n) is 27.8. The van der Waals surface area contributed by atoms with Gasteiger partial charge < -0.3 is 64.4 Å². The Kier molecular flexibility index (Phi) is 23.6. The van der Waals surface area contributed by atoms with Crippen molar-refractivity contribution in [3.05, 3.63) is 138 Å². The lowest BCUT2D eigenvalue weighted by Crippen LogP contribution is -2.59. The van der Waals surface area contributed by atoms with Gasteiger partial charge in [0.05, 0.1) is 31.0 Å². The molecule has 0 aliphatic heterocycles. The van der Waals surface area contributed by atoms with E-state index in [-0.39, 0.29) is 50.6 Å². The molecule has 16 N–H and O–H groups in total. The highest BCUT2D eigenvalue weighted by Gasteiger charge is 2.33. The van der Waals surface area contributed by atoms with E-state index in [2.05, 4.69) is 57.5 Å². The van der Waals surface area contributed by atoms with Crippen molar-refractivity contribution in [3.8, 4) is 0 Å². The van der Waals surface area contributed by atoms with Crippen molar-refractivity contribution in [2.75, 3.05) is 13.1 Å². The number of imide groups is 1. The highest BCUT2D eigenvalue weighted by molar-refractivity contribution is 6.01. The summed E-state index contributed by atoms with van der Waals surface area (Å²) in [5.74, 6) is -7.01. The number of nitrogens with zero attached hydrogens (tertiary/aromatic N) is 1. The predicted octanol–water partition coefficient (Wildman–Crippen LogP) is 1.10. The van der Waals surface area contributed by atoms with Crippen molar-refractivity contribution in [1.29, 1.82) is 0 Å². The van der Waals surface area contributed by atoms with Gasteiger partial charge in [-0.1, -0.05) is 119 Å². The number of H-pyrrole nitrogens is 2. The second kappa shape index (κ2) is 30.9. The molecule has 6 rings (SSSR count). The van der Waals surface area contributed by atoms with Crippen LogP contribution in [0.4, 0.5) is 0 Å². The number of aromatic nitrogens is 3. The Hall–Kier alpha value is -8.80. The maximum absolute atomic E-state index is 14.3. The number of hydrogen-bond donors (Lipinski definition) is 13. The summed E-state index contributed by atoms with van der Waals surface area (Å²) >= 11 is 0. The number of imidazole rings is 1. The lowest BCUT2D eigenvalue weighted by atomic mass is 9.98. The number of hydrogen-bond acceptors (Lipinski definition) is 13. The van der Waals surface area contributed by atoms with Crippen molar-refractivity contribution in [3.63, 3.8) is 0 Å². The first kappa shape index (κ1) is 63.4. The van der Waals surface area contributed by atoms with Crippen LogP contribution >= 0.6 is 0 Å². The number of benzene rings is 4. The van der Waals surface area contributed by atoms with Crippen LogP contribution in [0.1, 0.15) is 76.3 Å². The third kappa shape index (κ3) is 19.4. The maximum atomic E-state index is 14.3. The number of carbonyl (C=O) groups excluding carboxylic acids is 9. The van der Waals surface area contributed by atoms with Crippen molar-refractivity contribution < 1.29 is 43.2 Å². The fourth-order valence-corrected chi connectivity index (χ4v) is 9.69. The molecule has 23 nitrogen and oxygen atoms in total. The highest BCUT2D eigenvalue weighted by atomic mass is 16.2. The van der Waals surface area contributed by atoms with Gasteiger partial charge in [-0.2, -0.15) is 0 Å². The van der Waals surface area contributed by atoms with Crippen molar-refractivity contribution in [2.24, 2.45) is 29.0 Å². The fraction of sp³-hybridized carbons (Fsp3) is 0.400. The minimum absolute atomic E-state index is 0.0864. The Morgan fingerprint density at radius 3 is 1.96 bits per heavy atom. The minimum Gasteiger partial charge on any atom is -0.370 e. The predicted molar refractivity (Wildman–Crippen MR) is 314 cm³/mol. The molecule has 6 aromatic rings. The van der Waals surface area contributed by atoms with Crippen LogP contribution in [0.3, 0.4) is 0 Å². The maximum Gasteiger partial charge on any atom is 0.245 e. The SMILES string of the molecule is CC(C)C[C@@H](CN[C@@H](Cc1ccccc1)C(N)=O)N[C@@H](Cc1cnc[nH]1)C(=O)NC(=O)CNC(=O)[C@@H](NC(=O)[C@H](C)NC(=O)[C@H](Cc1c[nH]c2ccccc12)NC(=O)[C@H](CCC(N)=O)NC(=O)[C@H](N)Cc1cccc2ccccc12)C(C)C. The first-order valence-corrected chi connectivity index (χ1v) is 27.8.